The van der Waals surface area contributed by atoms with Crippen LogP contribution in [0.4, 0.5) is 0 Å². The number of rotatable bonds is 3. The van der Waals surface area contributed by atoms with Crippen molar-refractivity contribution in [2.24, 2.45) is 0 Å². The first-order valence-electron chi connectivity index (χ1n) is 5.10. The first kappa shape index (κ1) is 10.7. The van der Waals surface area contributed by atoms with Crippen molar-refractivity contribution in [3.63, 3.8) is 0 Å². The molecule has 4 heteroatoms. The quantitative estimate of drug-likeness (QED) is 0.819. The number of hydrogen-bond donors (Lipinski definition) is 2. The Morgan fingerprint density at radius 1 is 1.31 bits per heavy atom. The number of aromatic nitrogens is 2. The largest absolute Gasteiger partial charge is 0.506 e. The lowest BCUT2D eigenvalue weighted by molar-refractivity contribution is 0.278. The Balaban J connectivity index is 2.41. The summed E-state index contributed by atoms with van der Waals surface area (Å²) in [7, 11) is 0. The summed E-state index contributed by atoms with van der Waals surface area (Å²) in [5, 5.41) is 19.1. The van der Waals surface area contributed by atoms with Gasteiger partial charge in [-0.2, -0.15) is 0 Å². The average Bonchev–Trinajstić information content (AvgIpc) is 2.78. The Hall–Kier alpha value is -1.81. The van der Waals surface area contributed by atoms with E-state index in [0.717, 1.165) is 5.56 Å². The fourth-order valence-electron chi connectivity index (χ4n) is 1.66. The van der Waals surface area contributed by atoms with E-state index in [0.29, 0.717) is 17.8 Å². The SMILES string of the molecule is Cc1ncc(CO)c(Cn2cccc2)c1O. The molecular formula is C12H14N2O2. The molecule has 2 heterocycles. The summed E-state index contributed by atoms with van der Waals surface area (Å²) < 4.78 is 1.94. The van der Waals surface area contributed by atoms with Crippen LogP contribution >= 0.6 is 0 Å². The number of hydrogen-bond acceptors (Lipinski definition) is 3. The van der Waals surface area contributed by atoms with Gasteiger partial charge in [0.15, 0.2) is 0 Å². The molecule has 0 fully saturated rings. The third kappa shape index (κ3) is 1.92. The van der Waals surface area contributed by atoms with Crippen LogP contribution in [0.25, 0.3) is 0 Å². The predicted molar refractivity (Wildman–Crippen MR) is 60.1 cm³/mol. The molecule has 0 saturated heterocycles. The van der Waals surface area contributed by atoms with Crippen LogP contribution in [-0.4, -0.2) is 19.8 Å². The molecule has 2 rings (SSSR count). The molecule has 0 saturated carbocycles. The predicted octanol–water partition coefficient (Wildman–Crippen LogP) is 1.44. The molecule has 2 aromatic heterocycles. The van der Waals surface area contributed by atoms with Crippen LogP contribution < -0.4 is 0 Å². The van der Waals surface area contributed by atoms with E-state index in [4.69, 9.17) is 0 Å². The second kappa shape index (κ2) is 4.37. The number of aliphatic hydroxyl groups excluding tert-OH is 1. The van der Waals surface area contributed by atoms with Crippen molar-refractivity contribution in [3.8, 4) is 5.75 Å². The minimum absolute atomic E-state index is 0.114. The number of aryl methyl sites for hydroxylation is 1. The van der Waals surface area contributed by atoms with Crippen molar-refractivity contribution < 1.29 is 10.2 Å². The van der Waals surface area contributed by atoms with E-state index < -0.39 is 0 Å². The van der Waals surface area contributed by atoms with Crippen molar-refractivity contribution in [2.45, 2.75) is 20.1 Å². The summed E-state index contributed by atoms with van der Waals surface area (Å²) in [5.74, 6) is 0.167. The van der Waals surface area contributed by atoms with Gasteiger partial charge in [-0.15, -0.1) is 0 Å². The average molecular weight is 218 g/mol. The summed E-state index contributed by atoms with van der Waals surface area (Å²) in [6.45, 7) is 2.17. The summed E-state index contributed by atoms with van der Waals surface area (Å²) in [6, 6.07) is 3.84. The fraction of sp³-hybridized carbons (Fsp3) is 0.250. The van der Waals surface area contributed by atoms with Gasteiger partial charge in [-0.05, 0) is 19.1 Å². The lowest BCUT2D eigenvalue weighted by atomic mass is 10.1. The monoisotopic (exact) mass is 218 g/mol. The van der Waals surface area contributed by atoms with Gasteiger partial charge < -0.3 is 14.8 Å². The van der Waals surface area contributed by atoms with Gasteiger partial charge in [-0.25, -0.2) is 0 Å². The molecule has 4 nitrogen and oxygen atoms in total. The van der Waals surface area contributed by atoms with Crippen LogP contribution in [0.2, 0.25) is 0 Å². The molecule has 0 aromatic carbocycles. The fourth-order valence-corrected chi connectivity index (χ4v) is 1.66. The van der Waals surface area contributed by atoms with Crippen LogP contribution in [0.5, 0.6) is 5.75 Å². The molecule has 0 aliphatic rings. The lowest BCUT2D eigenvalue weighted by Gasteiger charge is -2.11. The molecule has 0 aliphatic carbocycles. The van der Waals surface area contributed by atoms with Gasteiger partial charge in [-0.3, -0.25) is 4.98 Å². The van der Waals surface area contributed by atoms with Gasteiger partial charge in [0.2, 0.25) is 0 Å². The molecule has 2 aromatic rings. The van der Waals surface area contributed by atoms with E-state index in [1.54, 1.807) is 13.1 Å². The Kier molecular flexibility index (Phi) is 2.92. The van der Waals surface area contributed by atoms with Crippen molar-refractivity contribution >= 4 is 0 Å². The Morgan fingerprint density at radius 2 is 2.00 bits per heavy atom. The number of nitrogens with zero attached hydrogens (tertiary/aromatic N) is 2. The maximum Gasteiger partial charge on any atom is 0.142 e. The van der Waals surface area contributed by atoms with Crippen LogP contribution in [-0.2, 0) is 13.2 Å². The minimum atomic E-state index is -0.114. The molecule has 0 spiro atoms. The first-order chi connectivity index (χ1) is 7.72. The van der Waals surface area contributed by atoms with Gasteiger partial charge in [0, 0.05) is 29.7 Å². The zero-order chi connectivity index (χ0) is 11.5. The highest BCUT2D eigenvalue weighted by atomic mass is 16.3. The topological polar surface area (TPSA) is 58.3 Å². The summed E-state index contributed by atoms with van der Waals surface area (Å²) >= 11 is 0. The van der Waals surface area contributed by atoms with Gasteiger partial charge in [-0.1, -0.05) is 0 Å². The third-order valence-electron chi connectivity index (χ3n) is 2.61. The van der Waals surface area contributed by atoms with Gasteiger partial charge >= 0.3 is 0 Å². The zero-order valence-electron chi connectivity index (χ0n) is 9.09. The van der Waals surface area contributed by atoms with E-state index >= 15 is 0 Å². The molecule has 2 N–H and O–H groups in total. The summed E-state index contributed by atoms with van der Waals surface area (Å²) in [6.07, 6.45) is 5.43. The highest BCUT2D eigenvalue weighted by Crippen LogP contribution is 2.24. The number of pyridine rings is 1. The van der Waals surface area contributed by atoms with Crippen LogP contribution in [0.3, 0.4) is 0 Å². The van der Waals surface area contributed by atoms with E-state index in [2.05, 4.69) is 4.98 Å². The highest BCUT2D eigenvalue weighted by Gasteiger charge is 2.11. The molecule has 0 radical (unpaired) electrons. The van der Waals surface area contributed by atoms with Crippen LogP contribution in [0.15, 0.2) is 30.7 Å². The van der Waals surface area contributed by atoms with E-state index in [9.17, 15) is 10.2 Å². The molecule has 0 amide bonds. The third-order valence-corrected chi connectivity index (χ3v) is 2.61. The maximum absolute atomic E-state index is 9.92. The second-order valence-corrected chi connectivity index (χ2v) is 3.71. The Morgan fingerprint density at radius 3 is 2.62 bits per heavy atom. The lowest BCUT2D eigenvalue weighted by Crippen LogP contribution is -2.03. The van der Waals surface area contributed by atoms with Crippen LogP contribution in [0.1, 0.15) is 16.8 Å². The first-order valence-corrected chi connectivity index (χ1v) is 5.10. The second-order valence-electron chi connectivity index (χ2n) is 3.71. The summed E-state index contributed by atoms with van der Waals surface area (Å²) in [5.41, 5.74) is 1.97. The van der Waals surface area contributed by atoms with Crippen molar-refractivity contribution in [1.29, 1.82) is 0 Å². The van der Waals surface area contributed by atoms with E-state index in [1.165, 1.54) is 0 Å². The van der Waals surface area contributed by atoms with Crippen molar-refractivity contribution in [2.75, 3.05) is 0 Å². The molecular weight excluding hydrogens is 204 g/mol. The van der Waals surface area contributed by atoms with Crippen molar-refractivity contribution in [1.82, 2.24) is 9.55 Å². The van der Waals surface area contributed by atoms with Crippen LogP contribution in [0, 0.1) is 6.92 Å². The molecule has 84 valence electrons. The van der Waals surface area contributed by atoms with Gasteiger partial charge in [0.1, 0.15) is 5.75 Å². The minimum Gasteiger partial charge on any atom is -0.506 e. The number of aromatic hydroxyl groups is 1. The normalized spacial score (nSPS) is 10.6. The molecule has 0 atom stereocenters. The highest BCUT2D eigenvalue weighted by molar-refractivity contribution is 5.40. The molecule has 0 bridgehead atoms. The standard InChI is InChI=1S/C12H14N2O2/c1-9-12(16)11(10(8-15)6-13-9)7-14-4-2-3-5-14/h2-6,15-16H,7-8H2,1H3. The maximum atomic E-state index is 9.92. The van der Waals surface area contributed by atoms with Crippen molar-refractivity contribution in [3.05, 3.63) is 47.5 Å². The van der Waals surface area contributed by atoms with Gasteiger partial charge in [0.25, 0.3) is 0 Å². The molecule has 0 unspecified atom stereocenters. The zero-order valence-corrected chi connectivity index (χ0v) is 9.09. The number of aliphatic hydroxyl groups is 1. The van der Waals surface area contributed by atoms with E-state index in [1.807, 2.05) is 29.1 Å². The van der Waals surface area contributed by atoms with E-state index in [-0.39, 0.29) is 12.4 Å². The molecule has 16 heavy (non-hydrogen) atoms. The summed E-state index contributed by atoms with van der Waals surface area (Å²) in [4.78, 5) is 4.02. The molecule has 0 aliphatic heterocycles. The Labute approximate surface area is 93.8 Å². The van der Waals surface area contributed by atoms with Gasteiger partial charge in [0.05, 0.1) is 18.8 Å². The Bertz CT molecular complexity index is 478. The smallest absolute Gasteiger partial charge is 0.142 e.